The predicted octanol–water partition coefficient (Wildman–Crippen LogP) is 0.0126. The Morgan fingerprint density at radius 3 is 2.10 bits per heavy atom. The van der Waals surface area contributed by atoms with Gasteiger partial charge in [-0.05, 0) is 38.0 Å². The standard InChI is InChI=1S/C27H39N5O9/c1-18(2)17-21(34)28-14-4-3-7-19(30-20(33)8-6-16-31-22(35)10-11-23(31)36)27(40)29-15-5-9-26(39)41-32-24(37)12-13-25(32)38/h10-11,18-19H,3-9,12-17H2,1-2H3,(H,28,34)(H,29,40)(H,30,33)/t19-/m0/s1. The van der Waals surface area contributed by atoms with Gasteiger partial charge in [-0.2, -0.15) is 0 Å². The van der Waals surface area contributed by atoms with Gasteiger partial charge in [-0.1, -0.05) is 13.8 Å². The summed E-state index contributed by atoms with van der Waals surface area (Å²) < 4.78 is 0. The maximum absolute atomic E-state index is 12.8. The van der Waals surface area contributed by atoms with Crippen molar-refractivity contribution in [3.63, 3.8) is 0 Å². The molecule has 14 nitrogen and oxygen atoms in total. The Morgan fingerprint density at radius 2 is 1.46 bits per heavy atom. The first-order chi connectivity index (χ1) is 19.5. The highest BCUT2D eigenvalue weighted by molar-refractivity contribution is 6.12. The van der Waals surface area contributed by atoms with E-state index in [1.165, 1.54) is 12.2 Å². The van der Waals surface area contributed by atoms with Crippen molar-refractivity contribution in [2.45, 2.75) is 84.1 Å². The van der Waals surface area contributed by atoms with Crippen LogP contribution in [0.1, 0.15) is 78.1 Å². The smallest absolute Gasteiger partial charge is 0.333 e. The molecule has 1 fully saturated rings. The molecule has 2 aliphatic rings. The second-order valence-corrected chi connectivity index (χ2v) is 10.3. The molecule has 1 saturated heterocycles. The molecular formula is C27H39N5O9. The third kappa shape index (κ3) is 11.9. The maximum atomic E-state index is 12.8. The van der Waals surface area contributed by atoms with E-state index in [-0.39, 0.29) is 63.4 Å². The molecule has 0 unspecified atom stereocenters. The lowest BCUT2D eigenvalue weighted by molar-refractivity contribution is -0.197. The number of rotatable bonds is 18. The van der Waals surface area contributed by atoms with Crippen molar-refractivity contribution in [1.29, 1.82) is 0 Å². The number of amides is 7. The van der Waals surface area contributed by atoms with Crippen LogP contribution in [0.25, 0.3) is 0 Å². The first-order valence-electron chi connectivity index (χ1n) is 13.9. The van der Waals surface area contributed by atoms with Crippen molar-refractivity contribution in [3.05, 3.63) is 12.2 Å². The van der Waals surface area contributed by atoms with Crippen molar-refractivity contribution in [3.8, 4) is 0 Å². The van der Waals surface area contributed by atoms with Crippen LogP contribution < -0.4 is 16.0 Å². The fourth-order valence-corrected chi connectivity index (χ4v) is 4.10. The van der Waals surface area contributed by atoms with Crippen molar-refractivity contribution in [2.75, 3.05) is 19.6 Å². The van der Waals surface area contributed by atoms with Crippen LogP contribution in [0.3, 0.4) is 0 Å². The molecule has 2 rings (SSSR count). The van der Waals surface area contributed by atoms with Crippen LogP contribution in [-0.4, -0.2) is 83.0 Å². The SMILES string of the molecule is CC(C)CC(=O)NCCCC[C@H](NC(=O)CCCN1C(=O)C=CC1=O)C(=O)NCCCC(=O)ON1C(=O)CCC1=O. The Hall–Kier alpha value is -4.10. The molecule has 0 aliphatic carbocycles. The van der Waals surface area contributed by atoms with Crippen molar-refractivity contribution < 1.29 is 43.2 Å². The van der Waals surface area contributed by atoms with Crippen molar-refractivity contribution in [2.24, 2.45) is 5.92 Å². The zero-order valence-corrected chi connectivity index (χ0v) is 23.6. The molecular weight excluding hydrogens is 538 g/mol. The largest absolute Gasteiger partial charge is 0.356 e. The maximum Gasteiger partial charge on any atom is 0.333 e. The lowest BCUT2D eigenvalue weighted by Crippen LogP contribution is -2.47. The van der Waals surface area contributed by atoms with Crippen molar-refractivity contribution in [1.82, 2.24) is 25.9 Å². The number of unbranched alkanes of at least 4 members (excludes halogenated alkanes) is 1. The summed E-state index contributed by atoms with van der Waals surface area (Å²) in [5.41, 5.74) is 0. The van der Waals surface area contributed by atoms with E-state index >= 15 is 0 Å². The molecule has 14 heteroatoms. The topological polar surface area (TPSA) is 188 Å². The van der Waals surface area contributed by atoms with Gasteiger partial charge in [0.05, 0.1) is 0 Å². The molecule has 2 heterocycles. The van der Waals surface area contributed by atoms with E-state index in [4.69, 9.17) is 4.84 Å². The van der Waals surface area contributed by atoms with Crippen LogP contribution >= 0.6 is 0 Å². The minimum atomic E-state index is -0.877. The molecule has 0 aromatic carbocycles. The molecule has 226 valence electrons. The van der Waals surface area contributed by atoms with E-state index in [9.17, 15) is 38.4 Å². The highest BCUT2D eigenvalue weighted by atomic mass is 16.7. The van der Waals surface area contributed by atoms with Crippen LogP contribution in [0.5, 0.6) is 0 Å². The van der Waals surface area contributed by atoms with E-state index in [1.54, 1.807) is 0 Å². The molecule has 0 saturated carbocycles. The first kappa shape index (κ1) is 33.1. The molecule has 0 bridgehead atoms. The number of carbonyl (C=O) groups excluding carboxylic acids is 8. The second kappa shape index (κ2) is 16.9. The van der Waals surface area contributed by atoms with Gasteiger partial charge in [0.1, 0.15) is 6.04 Å². The number of hydrogen-bond acceptors (Lipinski definition) is 9. The fraction of sp³-hybridized carbons (Fsp3) is 0.630. The molecule has 7 amide bonds. The minimum absolute atomic E-state index is 0.00805. The lowest BCUT2D eigenvalue weighted by Gasteiger charge is -2.19. The Bertz CT molecular complexity index is 1020. The highest BCUT2D eigenvalue weighted by Gasteiger charge is 2.32. The third-order valence-corrected chi connectivity index (χ3v) is 6.23. The third-order valence-electron chi connectivity index (χ3n) is 6.23. The van der Waals surface area contributed by atoms with E-state index < -0.39 is 47.5 Å². The summed E-state index contributed by atoms with van der Waals surface area (Å²) in [6, 6.07) is -0.877. The number of nitrogens with zero attached hydrogens (tertiary/aromatic N) is 2. The fourth-order valence-electron chi connectivity index (χ4n) is 4.10. The van der Waals surface area contributed by atoms with Gasteiger partial charge < -0.3 is 20.8 Å². The molecule has 2 aliphatic heterocycles. The van der Waals surface area contributed by atoms with Gasteiger partial charge in [-0.25, -0.2) is 4.79 Å². The lowest BCUT2D eigenvalue weighted by atomic mass is 10.1. The summed E-state index contributed by atoms with van der Waals surface area (Å²) in [4.78, 5) is 101. The van der Waals surface area contributed by atoms with E-state index in [0.29, 0.717) is 37.3 Å². The first-order valence-corrected chi connectivity index (χ1v) is 13.9. The molecule has 0 spiro atoms. The van der Waals surface area contributed by atoms with Crippen molar-refractivity contribution >= 4 is 47.3 Å². The van der Waals surface area contributed by atoms with Gasteiger partial charge in [-0.3, -0.25) is 38.5 Å². The van der Waals surface area contributed by atoms with Gasteiger partial charge in [0.25, 0.3) is 23.6 Å². The zero-order valence-electron chi connectivity index (χ0n) is 23.6. The predicted molar refractivity (Wildman–Crippen MR) is 143 cm³/mol. The van der Waals surface area contributed by atoms with E-state index in [1.807, 2.05) is 13.8 Å². The molecule has 3 N–H and O–H groups in total. The number of hydrogen-bond donors (Lipinski definition) is 3. The Morgan fingerprint density at radius 1 is 0.829 bits per heavy atom. The van der Waals surface area contributed by atoms with E-state index in [2.05, 4.69) is 16.0 Å². The summed E-state index contributed by atoms with van der Waals surface area (Å²) in [5.74, 6) is -3.51. The number of nitrogens with one attached hydrogen (secondary N) is 3. The molecule has 1 atom stereocenters. The highest BCUT2D eigenvalue weighted by Crippen LogP contribution is 2.13. The van der Waals surface area contributed by atoms with Crippen LogP contribution in [-0.2, 0) is 43.2 Å². The minimum Gasteiger partial charge on any atom is -0.356 e. The Kier molecular flexibility index (Phi) is 13.6. The summed E-state index contributed by atoms with van der Waals surface area (Å²) in [5, 5.41) is 8.63. The van der Waals surface area contributed by atoms with Gasteiger partial charge >= 0.3 is 5.97 Å². The molecule has 0 radical (unpaired) electrons. The second-order valence-electron chi connectivity index (χ2n) is 10.3. The number of carbonyl (C=O) groups is 8. The monoisotopic (exact) mass is 577 g/mol. The summed E-state index contributed by atoms with van der Waals surface area (Å²) in [6.07, 6.45) is 4.41. The van der Waals surface area contributed by atoms with Crippen LogP contribution in [0, 0.1) is 5.92 Å². The van der Waals surface area contributed by atoms with Gasteiger partial charge in [0.2, 0.25) is 17.7 Å². The normalized spacial score (nSPS) is 15.5. The van der Waals surface area contributed by atoms with Gasteiger partial charge in [-0.15, -0.1) is 5.06 Å². The number of imide groups is 2. The zero-order chi connectivity index (χ0) is 30.4. The quantitative estimate of drug-likeness (QED) is 0.149. The molecule has 0 aromatic heterocycles. The number of hydroxylamine groups is 2. The summed E-state index contributed by atoms with van der Waals surface area (Å²) >= 11 is 0. The van der Waals surface area contributed by atoms with Gasteiger partial charge in [0, 0.05) is 63.9 Å². The van der Waals surface area contributed by atoms with E-state index in [0.717, 1.165) is 4.90 Å². The van der Waals surface area contributed by atoms with Gasteiger partial charge in [0.15, 0.2) is 0 Å². The van der Waals surface area contributed by atoms with Crippen LogP contribution in [0.2, 0.25) is 0 Å². The summed E-state index contributed by atoms with van der Waals surface area (Å²) in [6.45, 7) is 4.49. The average Bonchev–Trinajstić information content (AvgIpc) is 3.39. The van der Waals surface area contributed by atoms with Crippen LogP contribution in [0.15, 0.2) is 12.2 Å². The molecule has 41 heavy (non-hydrogen) atoms. The Labute approximate surface area is 238 Å². The summed E-state index contributed by atoms with van der Waals surface area (Å²) in [7, 11) is 0. The van der Waals surface area contributed by atoms with Crippen LogP contribution in [0.4, 0.5) is 0 Å². The average molecular weight is 578 g/mol. The molecule has 0 aromatic rings. The Balaban J connectivity index is 1.78.